The minimum absolute atomic E-state index is 0.109. The van der Waals surface area contributed by atoms with Crippen LogP contribution in [0.15, 0.2) is 16.5 Å². The molecule has 0 aromatic carbocycles. The maximum Gasteiger partial charge on any atom is 0.140 e. The average molecular weight is 182 g/mol. The molecule has 13 heavy (non-hydrogen) atoms. The van der Waals surface area contributed by atoms with Gasteiger partial charge in [-0.3, -0.25) is 4.79 Å². The fourth-order valence-corrected chi connectivity index (χ4v) is 1.16. The van der Waals surface area contributed by atoms with Crippen LogP contribution in [0.1, 0.15) is 31.3 Å². The summed E-state index contributed by atoms with van der Waals surface area (Å²) in [4.78, 5) is 11.2. The van der Waals surface area contributed by atoms with Crippen molar-refractivity contribution in [3.8, 4) is 0 Å². The fraction of sp³-hybridized carbons (Fsp3) is 0.500. The first-order valence-electron chi connectivity index (χ1n) is 4.46. The monoisotopic (exact) mass is 182 g/mol. The molecule has 0 bridgehead atoms. The van der Waals surface area contributed by atoms with Gasteiger partial charge in [-0.15, -0.1) is 0 Å². The quantitative estimate of drug-likeness (QED) is 0.753. The molecule has 1 aromatic heterocycles. The lowest BCUT2D eigenvalue weighted by molar-refractivity contribution is -0.118. The van der Waals surface area contributed by atoms with Gasteiger partial charge in [0.05, 0.1) is 6.42 Å². The molecule has 1 aromatic rings. The van der Waals surface area contributed by atoms with Crippen molar-refractivity contribution in [1.29, 1.82) is 0 Å². The molecule has 0 amide bonds. The lowest BCUT2D eigenvalue weighted by Crippen LogP contribution is -2.00. The topological polar surface area (TPSA) is 50.4 Å². The molecule has 0 saturated heterocycles. The van der Waals surface area contributed by atoms with E-state index in [1.807, 2.05) is 6.92 Å². The Morgan fingerprint density at radius 1 is 1.46 bits per heavy atom. The number of furan rings is 1. The zero-order valence-corrected chi connectivity index (χ0v) is 7.75. The predicted octanol–water partition coefficient (Wildman–Crippen LogP) is 1.68. The van der Waals surface area contributed by atoms with Crippen molar-refractivity contribution in [1.82, 2.24) is 0 Å². The van der Waals surface area contributed by atoms with Gasteiger partial charge in [-0.1, -0.05) is 6.92 Å². The summed E-state index contributed by atoms with van der Waals surface area (Å²) in [5.74, 6) is 1.34. The Hall–Kier alpha value is -1.09. The molecule has 1 heterocycles. The van der Waals surface area contributed by atoms with Crippen molar-refractivity contribution in [3.63, 3.8) is 0 Å². The smallest absolute Gasteiger partial charge is 0.140 e. The zero-order valence-electron chi connectivity index (χ0n) is 7.75. The van der Waals surface area contributed by atoms with Gasteiger partial charge in [0.15, 0.2) is 0 Å². The van der Waals surface area contributed by atoms with Gasteiger partial charge in [-0.2, -0.15) is 0 Å². The highest BCUT2D eigenvalue weighted by molar-refractivity contribution is 5.80. The van der Waals surface area contributed by atoms with E-state index >= 15 is 0 Å². The van der Waals surface area contributed by atoms with Crippen molar-refractivity contribution in [2.75, 3.05) is 0 Å². The first-order chi connectivity index (χ1) is 6.26. The van der Waals surface area contributed by atoms with Crippen LogP contribution in [-0.4, -0.2) is 10.9 Å². The summed E-state index contributed by atoms with van der Waals surface area (Å²) in [5.41, 5.74) is 0. The third kappa shape index (κ3) is 3.03. The number of carbonyl (C=O) groups excluding carboxylic acids is 1. The number of rotatable bonds is 5. The third-order valence-corrected chi connectivity index (χ3v) is 1.77. The summed E-state index contributed by atoms with van der Waals surface area (Å²) in [6.07, 6.45) is 1.80. The molecule has 1 N–H and O–H groups in total. The second-order valence-electron chi connectivity index (χ2n) is 2.99. The maximum atomic E-state index is 11.2. The third-order valence-electron chi connectivity index (χ3n) is 1.77. The molecule has 0 unspecified atom stereocenters. The molecule has 0 atom stereocenters. The predicted molar refractivity (Wildman–Crippen MR) is 48.2 cm³/mol. The summed E-state index contributed by atoms with van der Waals surface area (Å²) < 4.78 is 5.18. The first-order valence-corrected chi connectivity index (χ1v) is 4.46. The summed E-state index contributed by atoms with van der Waals surface area (Å²) in [7, 11) is 0. The Bertz CT molecular complexity index is 275. The Labute approximate surface area is 77.4 Å². The lowest BCUT2D eigenvalue weighted by atomic mass is 10.1. The van der Waals surface area contributed by atoms with E-state index in [0.29, 0.717) is 24.4 Å². The second-order valence-corrected chi connectivity index (χ2v) is 2.99. The van der Waals surface area contributed by atoms with E-state index in [1.54, 1.807) is 12.1 Å². The van der Waals surface area contributed by atoms with Crippen LogP contribution in [0.2, 0.25) is 0 Å². The number of Topliss-reactive ketones (excluding diaryl/α,β-unsaturated/α-hetero) is 1. The summed E-state index contributed by atoms with van der Waals surface area (Å²) in [5, 5.41) is 8.71. The number of hydrogen-bond acceptors (Lipinski definition) is 3. The van der Waals surface area contributed by atoms with Gasteiger partial charge in [0.25, 0.3) is 0 Å². The van der Waals surface area contributed by atoms with Crippen LogP contribution in [-0.2, 0) is 17.8 Å². The van der Waals surface area contributed by atoms with Crippen LogP contribution in [0.5, 0.6) is 0 Å². The summed E-state index contributed by atoms with van der Waals surface area (Å²) in [6, 6.07) is 3.42. The number of ketones is 1. The molecule has 3 nitrogen and oxygen atoms in total. The van der Waals surface area contributed by atoms with Gasteiger partial charge in [0, 0.05) is 6.42 Å². The summed E-state index contributed by atoms with van der Waals surface area (Å²) in [6.45, 7) is 1.86. The molecule has 1 rings (SSSR count). The number of hydrogen-bond donors (Lipinski definition) is 1. The Kier molecular flexibility index (Phi) is 3.71. The molecule has 0 aliphatic carbocycles. The van der Waals surface area contributed by atoms with Gasteiger partial charge in [0.1, 0.15) is 23.9 Å². The van der Waals surface area contributed by atoms with Crippen LogP contribution < -0.4 is 0 Å². The highest BCUT2D eigenvalue weighted by atomic mass is 16.4. The Morgan fingerprint density at radius 3 is 2.69 bits per heavy atom. The van der Waals surface area contributed by atoms with Crippen LogP contribution in [0, 0.1) is 0 Å². The van der Waals surface area contributed by atoms with Crippen LogP contribution in [0.4, 0.5) is 0 Å². The maximum absolute atomic E-state index is 11.2. The molecule has 0 spiro atoms. The van der Waals surface area contributed by atoms with Crippen molar-refractivity contribution in [2.45, 2.75) is 32.8 Å². The van der Waals surface area contributed by atoms with E-state index in [0.717, 1.165) is 6.42 Å². The second kappa shape index (κ2) is 4.82. The molecule has 0 fully saturated rings. The standard InChI is InChI=1S/C10H14O3/c1-2-3-8(12)6-9-4-5-10(7-11)13-9/h4-5,11H,2-3,6-7H2,1H3. The van der Waals surface area contributed by atoms with Gasteiger partial charge in [-0.05, 0) is 18.6 Å². The van der Waals surface area contributed by atoms with Crippen molar-refractivity contribution in [3.05, 3.63) is 23.7 Å². The average Bonchev–Trinajstić information content (AvgIpc) is 2.52. The van der Waals surface area contributed by atoms with E-state index < -0.39 is 0 Å². The largest absolute Gasteiger partial charge is 0.463 e. The summed E-state index contributed by atoms with van der Waals surface area (Å²) >= 11 is 0. The number of aliphatic hydroxyl groups is 1. The molecule has 0 radical (unpaired) electrons. The first kappa shape index (κ1) is 9.99. The Balaban J connectivity index is 2.49. The minimum atomic E-state index is -0.109. The molecule has 0 aliphatic heterocycles. The number of aliphatic hydroxyl groups excluding tert-OH is 1. The normalized spacial score (nSPS) is 10.3. The van der Waals surface area contributed by atoms with Crippen LogP contribution in [0.3, 0.4) is 0 Å². The SMILES string of the molecule is CCCC(=O)Cc1ccc(CO)o1. The van der Waals surface area contributed by atoms with E-state index in [2.05, 4.69) is 0 Å². The molecule has 3 heteroatoms. The fourth-order valence-electron chi connectivity index (χ4n) is 1.16. The van der Waals surface area contributed by atoms with E-state index in [-0.39, 0.29) is 12.4 Å². The van der Waals surface area contributed by atoms with Crippen molar-refractivity contribution >= 4 is 5.78 Å². The zero-order chi connectivity index (χ0) is 9.68. The number of carbonyl (C=O) groups is 1. The molecular weight excluding hydrogens is 168 g/mol. The van der Waals surface area contributed by atoms with Gasteiger partial charge >= 0.3 is 0 Å². The van der Waals surface area contributed by atoms with Crippen LogP contribution in [0.25, 0.3) is 0 Å². The van der Waals surface area contributed by atoms with Crippen molar-refractivity contribution in [2.24, 2.45) is 0 Å². The molecule has 72 valence electrons. The highest BCUT2D eigenvalue weighted by Crippen LogP contribution is 2.09. The van der Waals surface area contributed by atoms with Gasteiger partial charge < -0.3 is 9.52 Å². The van der Waals surface area contributed by atoms with E-state index in [4.69, 9.17) is 9.52 Å². The van der Waals surface area contributed by atoms with Gasteiger partial charge in [-0.25, -0.2) is 0 Å². The van der Waals surface area contributed by atoms with E-state index in [9.17, 15) is 4.79 Å². The highest BCUT2D eigenvalue weighted by Gasteiger charge is 2.06. The van der Waals surface area contributed by atoms with Crippen LogP contribution >= 0.6 is 0 Å². The molecular formula is C10H14O3. The lowest BCUT2D eigenvalue weighted by Gasteiger charge is -1.94. The minimum Gasteiger partial charge on any atom is -0.463 e. The van der Waals surface area contributed by atoms with E-state index in [1.165, 1.54) is 0 Å². The van der Waals surface area contributed by atoms with Gasteiger partial charge in [0.2, 0.25) is 0 Å². The van der Waals surface area contributed by atoms with Crippen molar-refractivity contribution < 1.29 is 14.3 Å². The Morgan fingerprint density at radius 2 is 2.15 bits per heavy atom. The molecule has 0 saturated carbocycles. The molecule has 0 aliphatic rings.